The molecule has 1 atom stereocenters. The maximum Gasteiger partial charge on any atom is 0.255 e. The van der Waals surface area contributed by atoms with Crippen LogP contribution in [0.15, 0.2) is 48.5 Å². The summed E-state index contributed by atoms with van der Waals surface area (Å²) in [5.41, 5.74) is 10.4. The fraction of sp³-hybridized carbons (Fsp3) is 0.423. The first-order chi connectivity index (χ1) is 16.0. The second-order valence-electron chi connectivity index (χ2n) is 9.47. The molecule has 0 aromatic heterocycles. The minimum absolute atomic E-state index is 0.0228. The van der Waals surface area contributed by atoms with E-state index in [9.17, 15) is 14.4 Å². The maximum atomic E-state index is 13.1. The molecular weight excluding hydrogens is 416 g/mol. The van der Waals surface area contributed by atoms with E-state index in [1.165, 1.54) is 5.56 Å². The Morgan fingerprint density at radius 3 is 2.45 bits per heavy atom. The molecule has 2 saturated heterocycles. The van der Waals surface area contributed by atoms with Crippen LogP contribution in [0.1, 0.15) is 52.7 Å². The van der Waals surface area contributed by atoms with E-state index in [1.807, 2.05) is 18.2 Å². The summed E-state index contributed by atoms with van der Waals surface area (Å²) in [5, 5.41) is 2.37. The van der Waals surface area contributed by atoms with Gasteiger partial charge in [-0.05, 0) is 55.1 Å². The molecule has 0 aliphatic carbocycles. The molecule has 172 valence electrons. The van der Waals surface area contributed by atoms with Crippen LogP contribution in [0, 0.1) is 0 Å². The molecule has 0 bridgehead atoms. The fourth-order valence-corrected chi connectivity index (χ4v) is 5.58. The van der Waals surface area contributed by atoms with E-state index in [1.54, 1.807) is 4.90 Å². The number of benzene rings is 2. The number of nitrogens with one attached hydrogen (secondary N) is 1. The molecule has 1 unspecified atom stereocenters. The molecule has 3 aliphatic heterocycles. The molecule has 3 N–H and O–H groups in total. The highest BCUT2D eigenvalue weighted by molar-refractivity contribution is 6.05. The number of likely N-dealkylation sites (tertiary alicyclic amines) is 1. The van der Waals surface area contributed by atoms with Gasteiger partial charge in [0.15, 0.2) is 0 Å². The predicted molar refractivity (Wildman–Crippen MR) is 124 cm³/mol. The van der Waals surface area contributed by atoms with Crippen molar-refractivity contribution in [2.24, 2.45) is 5.73 Å². The topological polar surface area (TPSA) is 95.7 Å². The molecule has 7 heteroatoms. The lowest BCUT2D eigenvalue weighted by atomic mass is 9.73. The van der Waals surface area contributed by atoms with E-state index < -0.39 is 6.04 Å². The first kappa shape index (κ1) is 21.8. The minimum Gasteiger partial charge on any atom is -0.330 e. The summed E-state index contributed by atoms with van der Waals surface area (Å²) in [6.45, 7) is 3.72. The van der Waals surface area contributed by atoms with Crippen molar-refractivity contribution in [1.82, 2.24) is 15.1 Å². The van der Waals surface area contributed by atoms with Gasteiger partial charge >= 0.3 is 0 Å². The van der Waals surface area contributed by atoms with Gasteiger partial charge in [-0.1, -0.05) is 42.5 Å². The number of nitrogens with zero attached hydrogens (tertiary/aromatic N) is 2. The van der Waals surface area contributed by atoms with Crippen molar-refractivity contribution in [2.45, 2.75) is 50.2 Å². The van der Waals surface area contributed by atoms with Gasteiger partial charge in [0.05, 0.1) is 0 Å². The van der Waals surface area contributed by atoms with Crippen molar-refractivity contribution < 1.29 is 14.4 Å². The molecular formula is C26H30N4O3. The molecule has 0 radical (unpaired) electrons. The number of fused-ring (bicyclic) bond motifs is 1. The monoisotopic (exact) mass is 446 g/mol. The third-order valence-corrected chi connectivity index (χ3v) is 7.66. The molecule has 0 saturated carbocycles. The summed E-state index contributed by atoms with van der Waals surface area (Å²) in [4.78, 5) is 41.0. The van der Waals surface area contributed by atoms with Crippen LogP contribution < -0.4 is 11.1 Å². The molecule has 3 amide bonds. The largest absolute Gasteiger partial charge is 0.330 e. The lowest BCUT2D eigenvalue weighted by molar-refractivity contribution is -0.136. The number of hydrogen-bond acceptors (Lipinski definition) is 5. The maximum absolute atomic E-state index is 13.1. The SMILES string of the molecule is NCC1(c2ccccc2)CCN(Cc2cccc3c2CN(C2CCC(=O)NC2=O)C3=O)CC1. The Labute approximate surface area is 193 Å². The van der Waals surface area contributed by atoms with Gasteiger partial charge in [-0.3, -0.25) is 24.6 Å². The lowest BCUT2D eigenvalue weighted by Gasteiger charge is -2.42. The summed E-state index contributed by atoms with van der Waals surface area (Å²) >= 11 is 0. The normalized spacial score (nSPS) is 22.9. The highest BCUT2D eigenvalue weighted by Gasteiger charge is 2.40. The molecule has 33 heavy (non-hydrogen) atoms. The summed E-state index contributed by atoms with van der Waals surface area (Å²) < 4.78 is 0. The number of imide groups is 1. The average molecular weight is 447 g/mol. The number of piperidine rings is 2. The van der Waals surface area contributed by atoms with E-state index in [2.05, 4.69) is 40.5 Å². The van der Waals surface area contributed by atoms with Crippen LogP contribution in [-0.2, 0) is 28.1 Å². The van der Waals surface area contributed by atoms with Crippen molar-refractivity contribution in [1.29, 1.82) is 0 Å². The summed E-state index contributed by atoms with van der Waals surface area (Å²) in [5.74, 6) is -0.759. The number of nitrogens with two attached hydrogens (primary N) is 1. The third kappa shape index (κ3) is 3.96. The van der Waals surface area contributed by atoms with E-state index in [0.717, 1.165) is 43.6 Å². The van der Waals surface area contributed by atoms with Crippen LogP contribution in [-0.4, -0.2) is 53.2 Å². The van der Waals surface area contributed by atoms with Gasteiger partial charge in [0.1, 0.15) is 6.04 Å². The quantitative estimate of drug-likeness (QED) is 0.685. The second-order valence-corrected chi connectivity index (χ2v) is 9.47. The molecule has 3 heterocycles. The van der Waals surface area contributed by atoms with E-state index in [4.69, 9.17) is 5.73 Å². The molecule has 2 aromatic rings. The molecule has 5 rings (SSSR count). The predicted octanol–water partition coefficient (Wildman–Crippen LogP) is 1.94. The Morgan fingerprint density at radius 1 is 1.00 bits per heavy atom. The van der Waals surface area contributed by atoms with Gasteiger partial charge in [-0.2, -0.15) is 0 Å². The van der Waals surface area contributed by atoms with Crippen LogP contribution in [0.25, 0.3) is 0 Å². The Bertz CT molecular complexity index is 1080. The van der Waals surface area contributed by atoms with Crippen molar-refractivity contribution in [3.8, 4) is 0 Å². The Morgan fingerprint density at radius 2 is 1.76 bits per heavy atom. The number of carbonyl (C=O) groups is 3. The van der Waals surface area contributed by atoms with Gasteiger partial charge in [-0.25, -0.2) is 0 Å². The van der Waals surface area contributed by atoms with Gasteiger partial charge in [0.2, 0.25) is 11.8 Å². The van der Waals surface area contributed by atoms with Crippen molar-refractivity contribution in [3.63, 3.8) is 0 Å². The number of hydrogen-bond donors (Lipinski definition) is 2. The minimum atomic E-state index is -0.582. The standard InChI is InChI=1S/C26H30N4O3/c27-17-26(19-6-2-1-3-7-19)11-13-29(14-12-26)15-18-5-4-8-20-21(18)16-30(25(20)33)22-9-10-23(31)28-24(22)32/h1-8,22H,9-17,27H2,(H,28,31,32). The van der Waals surface area contributed by atoms with Gasteiger partial charge < -0.3 is 10.6 Å². The number of rotatable bonds is 5. The Hall–Kier alpha value is -3.03. The average Bonchev–Trinajstić information content (AvgIpc) is 3.17. The van der Waals surface area contributed by atoms with Gasteiger partial charge in [-0.15, -0.1) is 0 Å². The Balaban J connectivity index is 1.29. The first-order valence-corrected chi connectivity index (χ1v) is 11.7. The number of amides is 3. The third-order valence-electron chi connectivity index (χ3n) is 7.66. The van der Waals surface area contributed by atoms with Crippen LogP contribution in [0.2, 0.25) is 0 Å². The molecule has 2 fully saturated rings. The zero-order valence-corrected chi connectivity index (χ0v) is 18.8. The summed E-state index contributed by atoms with van der Waals surface area (Å²) in [6.07, 6.45) is 2.65. The fourth-order valence-electron chi connectivity index (χ4n) is 5.58. The summed E-state index contributed by atoms with van der Waals surface area (Å²) in [6, 6.07) is 15.8. The number of carbonyl (C=O) groups excluding carboxylic acids is 3. The highest BCUT2D eigenvalue weighted by atomic mass is 16.2. The highest BCUT2D eigenvalue weighted by Crippen LogP contribution is 2.36. The zero-order valence-electron chi connectivity index (χ0n) is 18.8. The molecule has 7 nitrogen and oxygen atoms in total. The van der Waals surface area contributed by atoms with Crippen LogP contribution in [0.3, 0.4) is 0 Å². The van der Waals surface area contributed by atoms with E-state index in [0.29, 0.717) is 25.1 Å². The van der Waals surface area contributed by atoms with Gasteiger partial charge in [0.25, 0.3) is 5.91 Å². The second kappa shape index (κ2) is 8.72. The van der Waals surface area contributed by atoms with Crippen molar-refractivity contribution in [3.05, 3.63) is 70.8 Å². The van der Waals surface area contributed by atoms with Crippen molar-refractivity contribution in [2.75, 3.05) is 19.6 Å². The molecule has 3 aliphatic rings. The molecule has 0 spiro atoms. The Kier molecular flexibility index (Phi) is 5.76. The van der Waals surface area contributed by atoms with E-state index >= 15 is 0 Å². The first-order valence-electron chi connectivity index (χ1n) is 11.7. The van der Waals surface area contributed by atoms with Crippen molar-refractivity contribution >= 4 is 17.7 Å². The summed E-state index contributed by atoms with van der Waals surface area (Å²) in [7, 11) is 0. The van der Waals surface area contributed by atoms with Crippen LogP contribution >= 0.6 is 0 Å². The van der Waals surface area contributed by atoms with Crippen LogP contribution in [0.4, 0.5) is 0 Å². The molecule has 2 aromatic carbocycles. The zero-order chi connectivity index (χ0) is 23.0. The van der Waals surface area contributed by atoms with Gasteiger partial charge in [0, 0.05) is 37.0 Å². The van der Waals surface area contributed by atoms with Crippen LogP contribution in [0.5, 0.6) is 0 Å². The smallest absolute Gasteiger partial charge is 0.255 e. The van der Waals surface area contributed by atoms with E-state index in [-0.39, 0.29) is 29.6 Å². The lowest BCUT2D eigenvalue weighted by Crippen LogP contribution is -2.52.